The second-order valence-corrected chi connectivity index (χ2v) is 6.88. The van der Waals surface area contributed by atoms with Gasteiger partial charge in [-0.05, 0) is 59.0 Å². The second-order valence-electron chi connectivity index (χ2n) is 4.36. The van der Waals surface area contributed by atoms with Crippen LogP contribution in [0.1, 0.15) is 5.56 Å². The molecule has 0 aromatic heterocycles. The molecule has 0 unspecified atom stereocenters. The molecule has 0 heterocycles. The first-order chi connectivity index (χ1) is 11.0. The Balaban J connectivity index is 1.88. The van der Waals surface area contributed by atoms with Crippen molar-refractivity contribution in [3.05, 3.63) is 55.0 Å². The van der Waals surface area contributed by atoms with E-state index in [-0.39, 0.29) is 12.4 Å². The lowest BCUT2D eigenvalue weighted by atomic mass is 10.2. The van der Waals surface area contributed by atoms with Gasteiger partial charge in [-0.1, -0.05) is 27.5 Å². The summed E-state index contributed by atoms with van der Waals surface area (Å²) in [5, 5.41) is 14.3. The number of rotatable bonds is 5. The summed E-state index contributed by atoms with van der Waals surface area (Å²) in [6.45, 7) is -0.180. The number of nitrogens with one attached hydrogen (secondary N) is 1. The molecule has 0 aliphatic carbocycles. The molecule has 8 heteroatoms. The van der Waals surface area contributed by atoms with Crippen LogP contribution in [0.3, 0.4) is 0 Å². The minimum atomic E-state index is -0.416. The molecule has 0 bridgehead atoms. The van der Waals surface area contributed by atoms with Gasteiger partial charge in [-0.25, -0.2) is 5.43 Å². The molecule has 0 aliphatic heterocycles. The number of aromatic hydroxyl groups is 1. The first-order valence-corrected chi connectivity index (χ1v) is 8.59. The number of hydrogen-bond acceptors (Lipinski definition) is 4. The zero-order chi connectivity index (χ0) is 16.8. The van der Waals surface area contributed by atoms with Gasteiger partial charge < -0.3 is 9.84 Å². The molecule has 23 heavy (non-hydrogen) atoms. The zero-order valence-corrected chi connectivity index (χ0v) is 16.1. The Morgan fingerprint density at radius 3 is 2.78 bits per heavy atom. The summed E-state index contributed by atoms with van der Waals surface area (Å²) in [7, 11) is 0. The molecule has 1 amide bonds. The molecule has 2 aromatic carbocycles. The third kappa shape index (κ3) is 5.67. The van der Waals surface area contributed by atoms with Crippen molar-refractivity contribution >= 4 is 62.2 Å². The number of halogens is 3. The van der Waals surface area contributed by atoms with E-state index in [1.54, 1.807) is 36.4 Å². The molecule has 0 fully saturated rings. The van der Waals surface area contributed by atoms with Crippen molar-refractivity contribution in [2.75, 3.05) is 6.61 Å². The lowest BCUT2D eigenvalue weighted by molar-refractivity contribution is -0.123. The predicted octanol–water partition coefficient (Wildman–Crippen LogP) is 3.94. The van der Waals surface area contributed by atoms with Crippen molar-refractivity contribution in [3.8, 4) is 11.5 Å². The topological polar surface area (TPSA) is 70.9 Å². The van der Waals surface area contributed by atoms with Gasteiger partial charge in [0, 0.05) is 15.1 Å². The van der Waals surface area contributed by atoms with Crippen molar-refractivity contribution in [1.82, 2.24) is 5.43 Å². The van der Waals surface area contributed by atoms with Crippen molar-refractivity contribution < 1.29 is 14.6 Å². The number of carbonyl (C=O) groups is 1. The lowest BCUT2D eigenvalue weighted by Crippen LogP contribution is -2.24. The first kappa shape index (κ1) is 18.0. The van der Waals surface area contributed by atoms with E-state index in [4.69, 9.17) is 16.3 Å². The van der Waals surface area contributed by atoms with Crippen LogP contribution in [-0.2, 0) is 4.79 Å². The van der Waals surface area contributed by atoms with Crippen LogP contribution in [0.4, 0.5) is 0 Å². The summed E-state index contributed by atoms with van der Waals surface area (Å²) in [6, 6.07) is 10.1. The molecule has 0 atom stereocenters. The van der Waals surface area contributed by atoms with Crippen molar-refractivity contribution in [1.29, 1.82) is 0 Å². The molecular formula is C15H11BrClIN2O3. The fourth-order valence-corrected chi connectivity index (χ4v) is 3.25. The first-order valence-electron chi connectivity index (χ1n) is 6.34. The van der Waals surface area contributed by atoms with Gasteiger partial charge in [0.15, 0.2) is 6.61 Å². The van der Waals surface area contributed by atoms with Crippen LogP contribution in [0.2, 0.25) is 5.02 Å². The number of phenols is 1. The van der Waals surface area contributed by atoms with Crippen LogP contribution in [0.5, 0.6) is 11.5 Å². The maximum absolute atomic E-state index is 11.6. The van der Waals surface area contributed by atoms with Gasteiger partial charge in [0.05, 0.1) is 9.78 Å². The number of hydrogen-bond donors (Lipinski definition) is 2. The third-order valence-corrected chi connectivity index (χ3v) is 4.17. The normalized spacial score (nSPS) is 10.7. The van der Waals surface area contributed by atoms with E-state index in [2.05, 4.69) is 26.5 Å². The summed E-state index contributed by atoms with van der Waals surface area (Å²) < 4.78 is 6.77. The molecule has 5 nitrogen and oxygen atoms in total. The Bertz CT molecular complexity index is 738. The van der Waals surface area contributed by atoms with Gasteiger partial charge in [-0.2, -0.15) is 5.10 Å². The van der Waals surface area contributed by atoms with Gasteiger partial charge in [0.2, 0.25) is 0 Å². The summed E-state index contributed by atoms with van der Waals surface area (Å²) in [5.41, 5.74) is 2.82. The Hall–Kier alpha value is -1.32. The average molecular weight is 510 g/mol. The highest BCUT2D eigenvalue weighted by atomic mass is 127. The minimum absolute atomic E-state index is 0.101. The Morgan fingerprint density at radius 2 is 2.09 bits per heavy atom. The Morgan fingerprint density at radius 1 is 1.39 bits per heavy atom. The maximum atomic E-state index is 11.6. The summed E-state index contributed by atoms with van der Waals surface area (Å²) in [4.78, 5) is 11.6. The smallest absolute Gasteiger partial charge is 0.277 e. The number of benzene rings is 2. The van der Waals surface area contributed by atoms with Crippen molar-refractivity contribution in [3.63, 3.8) is 0 Å². The number of amides is 1. The largest absolute Gasteiger partial charge is 0.506 e. The zero-order valence-electron chi connectivity index (χ0n) is 11.6. The number of phenolic OH excluding ortho intramolecular Hbond substituents is 1. The highest BCUT2D eigenvalue weighted by Gasteiger charge is 2.06. The molecule has 2 N–H and O–H groups in total. The SMILES string of the molecule is O=C(COc1ccc(Cl)cc1)N/N=C\c1cc(Br)cc(I)c1O. The molecule has 0 spiro atoms. The van der Waals surface area contributed by atoms with Gasteiger partial charge in [-0.3, -0.25) is 4.79 Å². The van der Waals surface area contributed by atoms with Gasteiger partial charge >= 0.3 is 0 Å². The van der Waals surface area contributed by atoms with Crippen molar-refractivity contribution in [2.45, 2.75) is 0 Å². The lowest BCUT2D eigenvalue weighted by Gasteiger charge is -2.05. The third-order valence-electron chi connectivity index (χ3n) is 2.63. The van der Waals surface area contributed by atoms with Crippen LogP contribution in [0.15, 0.2) is 46.0 Å². The Kier molecular flexibility index (Phi) is 6.67. The molecule has 2 rings (SSSR count). The predicted molar refractivity (Wildman–Crippen MR) is 101 cm³/mol. The standard InChI is InChI=1S/C15H11BrClIN2O3/c16-10-5-9(15(22)13(18)6-10)7-19-20-14(21)8-23-12-3-1-11(17)2-4-12/h1-7,22H,8H2,(H,20,21)/b19-7-. The van der Waals surface area contributed by atoms with Gasteiger partial charge in [0.1, 0.15) is 11.5 Å². The minimum Gasteiger partial charge on any atom is -0.506 e. The summed E-state index contributed by atoms with van der Waals surface area (Å²) in [5.74, 6) is 0.220. The van der Waals surface area contributed by atoms with Crippen LogP contribution in [0, 0.1) is 3.57 Å². The van der Waals surface area contributed by atoms with Crippen molar-refractivity contribution in [2.24, 2.45) is 5.10 Å². The van der Waals surface area contributed by atoms with E-state index >= 15 is 0 Å². The quantitative estimate of drug-likeness (QED) is 0.365. The molecule has 120 valence electrons. The van der Waals surface area contributed by atoms with Gasteiger partial charge in [0.25, 0.3) is 5.91 Å². The molecule has 0 radical (unpaired) electrons. The van der Waals surface area contributed by atoms with Crippen LogP contribution < -0.4 is 10.2 Å². The summed E-state index contributed by atoms with van der Waals surface area (Å²) >= 11 is 11.1. The monoisotopic (exact) mass is 508 g/mol. The van der Waals surface area contributed by atoms with E-state index < -0.39 is 5.91 Å². The molecule has 2 aromatic rings. The number of ether oxygens (including phenoxy) is 1. The summed E-state index contributed by atoms with van der Waals surface area (Å²) in [6.07, 6.45) is 1.36. The van der Waals surface area contributed by atoms with Crippen LogP contribution in [-0.4, -0.2) is 23.8 Å². The van der Waals surface area contributed by atoms with E-state index in [0.717, 1.165) is 4.47 Å². The fourth-order valence-electron chi connectivity index (χ4n) is 1.57. The highest BCUT2D eigenvalue weighted by molar-refractivity contribution is 14.1. The van der Waals surface area contributed by atoms with Crippen LogP contribution >= 0.6 is 50.1 Å². The van der Waals surface area contributed by atoms with Gasteiger partial charge in [-0.15, -0.1) is 0 Å². The maximum Gasteiger partial charge on any atom is 0.277 e. The molecular weight excluding hydrogens is 498 g/mol. The fraction of sp³-hybridized carbons (Fsp3) is 0.0667. The van der Waals surface area contributed by atoms with E-state index in [0.29, 0.717) is 19.9 Å². The number of carbonyl (C=O) groups excluding carboxylic acids is 1. The molecule has 0 saturated carbocycles. The van der Waals surface area contributed by atoms with E-state index in [1.165, 1.54) is 6.21 Å². The van der Waals surface area contributed by atoms with E-state index in [1.807, 2.05) is 22.6 Å². The second kappa shape index (κ2) is 8.51. The number of nitrogens with zero attached hydrogens (tertiary/aromatic N) is 1. The van der Waals surface area contributed by atoms with Crippen LogP contribution in [0.25, 0.3) is 0 Å². The van der Waals surface area contributed by atoms with E-state index in [9.17, 15) is 9.90 Å². The molecule has 0 saturated heterocycles. The highest BCUT2D eigenvalue weighted by Crippen LogP contribution is 2.27. The molecule has 0 aliphatic rings. The Labute approximate surface area is 160 Å². The average Bonchev–Trinajstić information content (AvgIpc) is 2.51. The number of hydrazone groups is 1.